The van der Waals surface area contributed by atoms with Crippen LogP contribution in [0, 0.1) is 0 Å². The van der Waals surface area contributed by atoms with Gasteiger partial charge in [0.05, 0.1) is 22.7 Å². The van der Waals surface area contributed by atoms with Crippen LogP contribution in [0.25, 0.3) is 0 Å². The zero-order valence-electron chi connectivity index (χ0n) is 14.9. The highest BCUT2D eigenvalue weighted by atomic mass is 16.2. The normalized spacial score (nSPS) is 17.9. The van der Waals surface area contributed by atoms with Gasteiger partial charge in [-0.2, -0.15) is 10.1 Å². The lowest BCUT2D eigenvalue weighted by Crippen LogP contribution is -2.23. The highest BCUT2D eigenvalue weighted by Crippen LogP contribution is 2.39. The lowest BCUT2D eigenvalue weighted by molar-refractivity contribution is -0.114. The van der Waals surface area contributed by atoms with E-state index in [0.29, 0.717) is 17.1 Å². The van der Waals surface area contributed by atoms with E-state index in [1.54, 1.807) is 12.3 Å². The standard InChI is InChI=1S/C20H19N5O/c1-14-15(20(26)25(22-14)18-10-6-7-13-21-18)11-12-19-23(2)16-8-4-5-9-17(16)24(19)3/h4-13H,1-3H3/b15-11+. The number of anilines is 3. The zero-order valence-corrected chi connectivity index (χ0v) is 14.9. The topological polar surface area (TPSA) is 52.0 Å². The summed E-state index contributed by atoms with van der Waals surface area (Å²) in [5.74, 6) is 1.35. The molecule has 0 bridgehead atoms. The molecule has 0 atom stereocenters. The molecule has 0 N–H and O–H groups in total. The van der Waals surface area contributed by atoms with Gasteiger partial charge in [-0.05, 0) is 43.3 Å². The molecule has 0 spiro atoms. The maximum Gasteiger partial charge on any atom is 0.282 e. The number of rotatable bonds is 2. The molecule has 1 aromatic heterocycles. The molecule has 2 aliphatic heterocycles. The third kappa shape index (κ3) is 2.47. The van der Waals surface area contributed by atoms with E-state index in [-0.39, 0.29) is 5.91 Å². The number of hydrogen-bond acceptors (Lipinski definition) is 5. The van der Waals surface area contributed by atoms with Crippen LogP contribution in [0.4, 0.5) is 17.2 Å². The second kappa shape index (κ2) is 6.15. The van der Waals surface area contributed by atoms with Gasteiger partial charge in [-0.25, -0.2) is 4.98 Å². The molecule has 130 valence electrons. The van der Waals surface area contributed by atoms with E-state index in [0.717, 1.165) is 17.2 Å². The zero-order chi connectivity index (χ0) is 18.3. The first-order valence-corrected chi connectivity index (χ1v) is 8.37. The second-order valence-electron chi connectivity index (χ2n) is 6.20. The van der Waals surface area contributed by atoms with Crippen molar-refractivity contribution in [2.45, 2.75) is 6.92 Å². The number of carbonyl (C=O) groups excluding carboxylic acids is 1. The van der Waals surface area contributed by atoms with E-state index in [2.05, 4.69) is 32.0 Å². The van der Waals surface area contributed by atoms with Crippen LogP contribution in [0.15, 0.2) is 77.3 Å². The Balaban J connectivity index is 1.65. The molecule has 26 heavy (non-hydrogen) atoms. The molecule has 2 aliphatic rings. The van der Waals surface area contributed by atoms with Gasteiger partial charge in [-0.3, -0.25) is 4.79 Å². The van der Waals surface area contributed by atoms with Crippen LogP contribution in [0.5, 0.6) is 0 Å². The summed E-state index contributed by atoms with van der Waals surface area (Å²) in [6.07, 6.45) is 5.43. The maximum absolute atomic E-state index is 12.7. The number of amides is 1. The maximum atomic E-state index is 12.7. The number of pyridine rings is 1. The molecule has 6 heteroatoms. The van der Waals surface area contributed by atoms with Gasteiger partial charge in [0.1, 0.15) is 5.82 Å². The van der Waals surface area contributed by atoms with Crippen LogP contribution < -0.4 is 14.8 Å². The number of hydrogen-bond donors (Lipinski definition) is 0. The fourth-order valence-electron chi connectivity index (χ4n) is 3.23. The molecule has 0 aliphatic carbocycles. The summed E-state index contributed by atoms with van der Waals surface area (Å²) in [6.45, 7) is 1.84. The minimum Gasteiger partial charge on any atom is -0.329 e. The number of para-hydroxylation sites is 2. The van der Waals surface area contributed by atoms with Crippen molar-refractivity contribution in [1.29, 1.82) is 0 Å². The Kier molecular flexibility index (Phi) is 3.80. The third-order valence-corrected chi connectivity index (χ3v) is 4.62. The van der Waals surface area contributed by atoms with Crippen molar-refractivity contribution in [3.8, 4) is 0 Å². The van der Waals surface area contributed by atoms with E-state index >= 15 is 0 Å². The summed E-state index contributed by atoms with van der Waals surface area (Å²) in [7, 11) is 4.04. The van der Waals surface area contributed by atoms with Crippen molar-refractivity contribution < 1.29 is 4.79 Å². The molecule has 3 heterocycles. The molecule has 2 aromatic rings. The number of hydrazone groups is 1. The Morgan fingerprint density at radius 1 is 0.923 bits per heavy atom. The first kappa shape index (κ1) is 16.1. The van der Waals surface area contributed by atoms with E-state index in [1.165, 1.54) is 5.01 Å². The molecule has 6 nitrogen and oxygen atoms in total. The predicted molar refractivity (Wildman–Crippen MR) is 104 cm³/mol. The summed E-state index contributed by atoms with van der Waals surface area (Å²) < 4.78 is 0. The Hall–Kier alpha value is -3.41. The minimum absolute atomic E-state index is 0.168. The Labute approximate surface area is 152 Å². The van der Waals surface area contributed by atoms with Gasteiger partial charge >= 0.3 is 0 Å². The van der Waals surface area contributed by atoms with Crippen molar-refractivity contribution >= 4 is 28.8 Å². The average molecular weight is 345 g/mol. The molecule has 0 radical (unpaired) electrons. The molecule has 0 fully saturated rings. The van der Waals surface area contributed by atoms with Gasteiger partial charge in [0.2, 0.25) is 0 Å². The van der Waals surface area contributed by atoms with Gasteiger partial charge in [0.15, 0.2) is 5.82 Å². The molecule has 0 saturated heterocycles. The second-order valence-corrected chi connectivity index (χ2v) is 6.20. The molecular weight excluding hydrogens is 326 g/mol. The summed E-state index contributed by atoms with van der Waals surface area (Å²) in [5.41, 5.74) is 3.52. The summed E-state index contributed by atoms with van der Waals surface area (Å²) in [5, 5.41) is 5.70. The predicted octanol–water partition coefficient (Wildman–Crippen LogP) is 3.16. The smallest absolute Gasteiger partial charge is 0.282 e. The first-order valence-electron chi connectivity index (χ1n) is 8.37. The third-order valence-electron chi connectivity index (χ3n) is 4.62. The van der Waals surface area contributed by atoms with E-state index in [1.807, 2.05) is 57.4 Å². The van der Waals surface area contributed by atoms with Crippen LogP contribution in [0.2, 0.25) is 0 Å². The minimum atomic E-state index is -0.168. The summed E-state index contributed by atoms with van der Waals surface area (Å²) >= 11 is 0. The number of carbonyl (C=O) groups is 1. The molecule has 1 aromatic carbocycles. The summed E-state index contributed by atoms with van der Waals surface area (Å²) in [6, 6.07) is 13.6. The molecule has 0 saturated carbocycles. The Morgan fingerprint density at radius 2 is 1.58 bits per heavy atom. The monoisotopic (exact) mass is 345 g/mol. The molecular formula is C20H19N5O. The first-order chi connectivity index (χ1) is 12.6. The van der Waals surface area contributed by atoms with Crippen molar-refractivity contribution in [2.24, 2.45) is 5.10 Å². The van der Waals surface area contributed by atoms with Crippen LogP contribution in [-0.4, -0.2) is 30.7 Å². The van der Waals surface area contributed by atoms with E-state index < -0.39 is 0 Å². The fraction of sp³-hybridized carbons (Fsp3) is 0.150. The summed E-state index contributed by atoms with van der Waals surface area (Å²) in [4.78, 5) is 21.2. The van der Waals surface area contributed by atoms with E-state index in [4.69, 9.17) is 0 Å². The number of nitrogens with zero attached hydrogens (tertiary/aromatic N) is 5. The average Bonchev–Trinajstić information content (AvgIpc) is 3.09. The largest absolute Gasteiger partial charge is 0.329 e. The lowest BCUT2D eigenvalue weighted by Gasteiger charge is -2.17. The van der Waals surface area contributed by atoms with Crippen LogP contribution in [-0.2, 0) is 4.79 Å². The van der Waals surface area contributed by atoms with E-state index in [9.17, 15) is 4.79 Å². The van der Waals surface area contributed by atoms with Crippen LogP contribution >= 0.6 is 0 Å². The van der Waals surface area contributed by atoms with Gasteiger partial charge in [0, 0.05) is 20.3 Å². The Bertz CT molecular complexity index is 930. The van der Waals surface area contributed by atoms with Gasteiger partial charge in [-0.1, -0.05) is 18.2 Å². The molecule has 0 unspecified atom stereocenters. The van der Waals surface area contributed by atoms with Gasteiger partial charge in [-0.15, -0.1) is 0 Å². The molecule has 1 amide bonds. The number of benzene rings is 1. The van der Waals surface area contributed by atoms with Gasteiger partial charge in [0.25, 0.3) is 5.91 Å². The Morgan fingerprint density at radius 3 is 2.19 bits per heavy atom. The molecule has 4 rings (SSSR count). The van der Waals surface area contributed by atoms with Crippen molar-refractivity contribution in [1.82, 2.24) is 4.98 Å². The van der Waals surface area contributed by atoms with Crippen molar-refractivity contribution in [3.63, 3.8) is 0 Å². The SMILES string of the molecule is CC1=NN(c2ccccn2)C(=O)/C1=C/C=C1N(C)c2ccccc2N1C. The number of aromatic nitrogens is 1. The quantitative estimate of drug-likeness (QED) is 0.785. The number of fused-ring (bicyclic) bond motifs is 1. The number of allylic oxidation sites excluding steroid dienone is 2. The van der Waals surface area contributed by atoms with Crippen LogP contribution in [0.1, 0.15) is 6.92 Å². The van der Waals surface area contributed by atoms with Crippen molar-refractivity contribution in [3.05, 3.63) is 72.2 Å². The highest BCUT2D eigenvalue weighted by Gasteiger charge is 2.30. The van der Waals surface area contributed by atoms with Crippen molar-refractivity contribution in [2.75, 3.05) is 28.9 Å². The van der Waals surface area contributed by atoms with Crippen LogP contribution in [0.3, 0.4) is 0 Å². The van der Waals surface area contributed by atoms with Gasteiger partial charge < -0.3 is 9.80 Å². The fourth-order valence-corrected chi connectivity index (χ4v) is 3.23. The lowest BCUT2D eigenvalue weighted by atomic mass is 10.1. The highest BCUT2D eigenvalue weighted by molar-refractivity contribution is 6.29.